The molecule has 2 aromatic carbocycles. The van der Waals surface area contributed by atoms with Crippen molar-refractivity contribution in [2.45, 2.75) is 51.6 Å². The van der Waals surface area contributed by atoms with E-state index >= 15 is 0 Å². The molecule has 1 fully saturated rings. The highest BCUT2D eigenvalue weighted by Crippen LogP contribution is 2.29. The summed E-state index contributed by atoms with van der Waals surface area (Å²) in [5.41, 5.74) is 4.14. The van der Waals surface area contributed by atoms with Crippen molar-refractivity contribution in [2.24, 2.45) is 0 Å². The fraction of sp³-hybridized carbons (Fsp3) is 0.400. The van der Waals surface area contributed by atoms with Crippen LogP contribution in [-0.2, 0) is 6.54 Å². The summed E-state index contributed by atoms with van der Waals surface area (Å²) in [5, 5.41) is 0. The Morgan fingerprint density at radius 3 is 2.38 bits per heavy atom. The molecular formula is C20H25N. The normalized spacial score (nSPS) is 15.9. The van der Waals surface area contributed by atoms with Crippen LogP contribution in [0.15, 0.2) is 54.6 Å². The van der Waals surface area contributed by atoms with E-state index in [-0.39, 0.29) is 0 Å². The summed E-state index contributed by atoms with van der Waals surface area (Å²) in [5.74, 6) is 0. The van der Waals surface area contributed by atoms with Gasteiger partial charge in [-0.2, -0.15) is 0 Å². The third-order valence-electron chi connectivity index (χ3n) is 4.54. The Bertz CT molecular complexity index is 555. The van der Waals surface area contributed by atoms with Crippen LogP contribution in [0.4, 0.5) is 5.69 Å². The van der Waals surface area contributed by atoms with E-state index < -0.39 is 0 Å². The van der Waals surface area contributed by atoms with Crippen LogP contribution in [0.3, 0.4) is 0 Å². The number of hydrogen-bond donors (Lipinski definition) is 0. The van der Waals surface area contributed by atoms with Crippen LogP contribution in [0.1, 0.15) is 43.2 Å². The molecule has 0 N–H and O–H groups in total. The first-order valence-electron chi connectivity index (χ1n) is 8.20. The quantitative estimate of drug-likeness (QED) is 0.730. The largest absolute Gasteiger partial charge is 0.364 e. The van der Waals surface area contributed by atoms with E-state index in [0.717, 1.165) is 6.54 Å². The van der Waals surface area contributed by atoms with Crippen LogP contribution < -0.4 is 4.90 Å². The number of hydrogen-bond acceptors (Lipinski definition) is 1. The minimum Gasteiger partial charge on any atom is -0.364 e. The first kappa shape index (κ1) is 14.2. The van der Waals surface area contributed by atoms with Crippen molar-refractivity contribution < 1.29 is 0 Å². The third kappa shape index (κ3) is 3.66. The predicted octanol–water partition coefficient (Wildman–Crippen LogP) is 5.33. The fourth-order valence-electron chi connectivity index (χ4n) is 3.41. The molecule has 3 rings (SSSR count). The van der Waals surface area contributed by atoms with Gasteiger partial charge in [0.2, 0.25) is 0 Å². The highest BCUT2D eigenvalue weighted by atomic mass is 15.2. The molecule has 0 saturated heterocycles. The molecule has 0 heterocycles. The predicted molar refractivity (Wildman–Crippen MR) is 90.7 cm³/mol. The molecule has 0 spiro atoms. The van der Waals surface area contributed by atoms with E-state index in [9.17, 15) is 0 Å². The lowest BCUT2D eigenvalue weighted by Crippen LogP contribution is -2.36. The first-order chi connectivity index (χ1) is 10.3. The molecule has 0 aromatic heterocycles. The van der Waals surface area contributed by atoms with Crippen LogP contribution in [0.5, 0.6) is 0 Å². The number of rotatable bonds is 4. The van der Waals surface area contributed by atoms with Crippen LogP contribution in [0, 0.1) is 6.92 Å². The van der Waals surface area contributed by atoms with Crippen LogP contribution in [0.2, 0.25) is 0 Å². The fourth-order valence-corrected chi connectivity index (χ4v) is 3.41. The summed E-state index contributed by atoms with van der Waals surface area (Å²) in [6, 6.07) is 20.5. The van der Waals surface area contributed by atoms with Crippen molar-refractivity contribution in [3.05, 3.63) is 65.7 Å². The van der Waals surface area contributed by atoms with Crippen molar-refractivity contribution in [3.63, 3.8) is 0 Å². The van der Waals surface area contributed by atoms with Crippen LogP contribution in [-0.4, -0.2) is 6.04 Å². The zero-order valence-corrected chi connectivity index (χ0v) is 13.0. The van der Waals surface area contributed by atoms with Gasteiger partial charge in [-0.25, -0.2) is 0 Å². The second-order valence-electron chi connectivity index (χ2n) is 6.24. The van der Waals surface area contributed by atoms with Gasteiger partial charge in [0.25, 0.3) is 0 Å². The van der Waals surface area contributed by atoms with Crippen molar-refractivity contribution >= 4 is 5.69 Å². The second-order valence-corrected chi connectivity index (χ2v) is 6.24. The molecule has 0 amide bonds. The molecule has 0 aliphatic heterocycles. The SMILES string of the molecule is Cc1cccc(N(Cc2ccccc2)C2CCCCC2)c1. The maximum absolute atomic E-state index is 2.63. The summed E-state index contributed by atoms with van der Waals surface area (Å²) in [6.45, 7) is 3.21. The standard InChI is InChI=1S/C20H25N/c1-17-9-8-14-20(15-17)21(19-12-6-3-7-13-19)16-18-10-4-2-5-11-18/h2,4-5,8-11,14-15,19H,3,6-7,12-13,16H2,1H3. The molecule has 1 heteroatoms. The Morgan fingerprint density at radius 1 is 0.905 bits per heavy atom. The van der Waals surface area contributed by atoms with Crippen molar-refractivity contribution in [1.29, 1.82) is 0 Å². The molecule has 0 bridgehead atoms. The molecule has 1 aliphatic carbocycles. The lowest BCUT2D eigenvalue weighted by Gasteiger charge is -2.36. The zero-order valence-electron chi connectivity index (χ0n) is 13.0. The van der Waals surface area contributed by atoms with Crippen LogP contribution >= 0.6 is 0 Å². The van der Waals surface area contributed by atoms with Gasteiger partial charge in [0.05, 0.1) is 0 Å². The van der Waals surface area contributed by atoms with E-state index in [1.807, 2.05) is 0 Å². The molecule has 21 heavy (non-hydrogen) atoms. The monoisotopic (exact) mass is 279 g/mol. The summed E-state index contributed by atoms with van der Waals surface area (Å²) in [4.78, 5) is 2.63. The Labute approximate surface area is 128 Å². The van der Waals surface area contributed by atoms with Crippen molar-refractivity contribution in [3.8, 4) is 0 Å². The van der Waals surface area contributed by atoms with Gasteiger partial charge < -0.3 is 4.90 Å². The minimum atomic E-state index is 0.695. The third-order valence-corrected chi connectivity index (χ3v) is 4.54. The van der Waals surface area contributed by atoms with E-state index in [2.05, 4.69) is 66.4 Å². The van der Waals surface area contributed by atoms with Gasteiger partial charge in [0.1, 0.15) is 0 Å². The summed E-state index contributed by atoms with van der Waals surface area (Å²) in [7, 11) is 0. The van der Waals surface area contributed by atoms with E-state index in [1.165, 1.54) is 48.9 Å². The van der Waals surface area contributed by atoms with E-state index in [4.69, 9.17) is 0 Å². The molecule has 1 aliphatic rings. The smallest absolute Gasteiger partial charge is 0.0432 e. The van der Waals surface area contributed by atoms with Gasteiger partial charge in [-0.05, 0) is 43.0 Å². The highest BCUT2D eigenvalue weighted by Gasteiger charge is 2.21. The molecule has 1 nitrogen and oxygen atoms in total. The maximum Gasteiger partial charge on any atom is 0.0432 e. The lowest BCUT2D eigenvalue weighted by molar-refractivity contribution is 0.413. The Balaban J connectivity index is 1.86. The minimum absolute atomic E-state index is 0.695. The zero-order chi connectivity index (χ0) is 14.5. The number of benzene rings is 2. The van der Waals surface area contributed by atoms with Crippen LogP contribution in [0.25, 0.3) is 0 Å². The maximum atomic E-state index is 2.63. The molecule has 110 valence electrons. The molecule has 0 radical (unpaired) electrons. The molecular weight excluding hydrogens is 254 g/mol. The average Bonchev–Trinajstić information content (AvgIpc) is 2.54. The average molecular weight is 279 g/mol. The Kier molecular flexibility index (Phi) is 4.59. The molecule has 0 atom stereocenters. The topological polar surface area (TPSA) is 3.24 Å². The molecule has 1 saturated carbocycles. The van der Waals surface area contributed by atoms with Gasteiger partial charge in [-0.15, -0.1) is 0 Å². The van der Waals surface area contributed by atoms with Gasteiger partial charge >= 0.3 is 0 Å². The summed E-state index contributed by atoms with van der Waals surface area (Å²) < 4.78 is 0. The Hall–Kier alpha value is -1.76. The summed E-state index contributed by atoms with van der Waals surface area (Å²) >= 11 is 0. The number of nitrogens with zero attached hydrogens (tertiary/aromatic N) is 1. The summed E-state index contributed by atoms with van der Waals surface area (Å²) in [6.07, 6.45) is 6.83. The van der Waals surface area contributed by atoms with Crippen molar-refractivity contribution in [1.82, 2.24) is 0 Å². The van der Waals surface area contributed by atoms with Crippen molar-refractivity contribution in [2.75, 3.05) is 4.90 Å². The molecule has 0 unspecified atom stereocenters. The first-order valence-corrected chi connectivity index (χ1v) is 8.20. The van der Waals surface area contributed by atoms with Gasteiger partial charge in [0.15, 0.2) is 0 Å². The molecule has 2 aromatic rings. The Morgan fingerprint density at radius 2 is 1.67 bits per heavy atom. The second kappa shape index (κ2) is 6.80. The number of anilines is 1. The highest BCUT2D eigenvalue weighted by molar-refractivity contribution is 5.50. The van der Waals surface area contributed by atoms with Gasteiger partial charge in [0, 0.05) is 18.3 Å². The number of aryl methyl sites for hydroxylation is 1. The van der Waals surface area contributed by atoms with E-state index in [0.29, 0.717) is 6.04 Å². The van der Waals surface area contributed by atoms with E-state index in [1.54, 1.807) is 0 Å². The lowest BCUT2D eigenvalue weighted by atomic mass is 9.93. The van der Waals surface area contributed by atoms with Gasteiger partial charge in [-0.1, -0.05) is 61.7 Å². The van der Waals surface area contributed by atoms with Gasteiger partial charge in [-0.3, -0.25) is 0 Å².